The van der Waals surface area contributed by atoms with E-state index < -0.39 is 80.5 Å². The molecule has 51 heavy (non-hydrogen) atoms. The minimum absolute atomic E-state index is 0.0120. The second-order valence-electron chi connectivity index (χ2n) is 17.4. The third-order valence-corrected chi connectivity index (χ3v) is 13.2. The Balaban J connectivity index is 1.34. The number of primary amides is 1. The number of hydrogen-bond donors (Lipinski definition) is 4. The van der Waals surface area contributed by atoms with Gasteiger partial charge in [-0.3, -0.25) is 24.0 Å². The van der Waals surface area contributed by atoms with Crippen molar-refractivity contribution in [2.75, 3.05) is 13.1 Å². The summed E-state index contributed by atoms with van der Waals surface area (Å²) < 4.78 is 27.4. The van der Waals surface area contributed by atoms with Gasteiger partial charge in [-0.25, -0.2) is 17.5 Å². The van der Waals surface area contributed by atoms with Gasteiger partial charge in [-0.05, 0) is 52.6 Å². The van der Waals surface area contributed by atoms with E-state index in [2.05, 4.69) is 16.0 Å². The number of amides is 6. The maximum Gasteiger partial charge on any atom is 0.315 e. The number of fused-ring (bicyclic) bond motifs is 2. The van der Waals surface area contributed by atoms with E-state index >= 15 is 0 Å². The molecule has 1 aromatic rings. The van der Waals surface area contributed by atoms with Crippen molar-refractivity contribution >= 4 is 45.5 Å². The van der Waals surface area contributed by atoms with E-state index in [4.69, 9.17) is 5.73 Å². The molecule has 1 saturated heterocycles. The third kappa shape index (κ3) is 7.22. The number of carbonyl (C=O) groups is 6. The van der Waals surface area contributed by atoms with Gasteiger partial charge in [0.05, 0.1) is 24.2 Å². The second-order valence-corrected chi connectivity index (χ2v) is 19.2. The number of urea groups is 1. The molecule has 2 aliphatic carbocycles. The number of hydrogen-bond acceptors (Lipinski definition) is 8. The lowest BCUT2D eigenvalue weighted by molar-refractivity contribution is -0.145. The molecule has 2 heterocycles. The molecule has 280 valence electrons. The summed E-state index contributed by atoms with van der Waals surface area (Å²) in [6.07, 6.45) is 3.08. The Bertz CT molecular complexity index is 1740. The van der Waals surface area contributed by atoms with Crippen molar-refractivity contribution < 1.29 is 37.2 Å². The smallest absolute Gasteiger partial charge is 0.315 e. The highest BCUT2D eigenvalue weighted by Crippen LogP contribution is 2.65. The fourth-order valence-electron chi connectivity index (χ4n) is 7.79. The zero-order chi connectivity index (χ0) is 38.0. The molecule has 0 radical (unpaired) electrons. The van der Waals surface area contributed by atoms with E-state index in [1.54, 1.807) is 47.6 Å². The number of piperidine rings is 1. The van der Waals surface area contributed by atoms with Gasteiger partial charge < -0.3 is 26.6 Å². The van der Waals surface area contributed by atoms with Gasteiger partial charge in [0.25, 0.3) is 21.8 Å². The zero-order valence-corrected chi connectivity index (χ0v) is 31.6. The zero-order valence-electron chi connectivity index (χ0n) is 30.7. The van der Waals surface area contributed by atoms with Gasteiger partial charge in [0.2, 0.25) is 17.6 Å². The largest absolute Gasteiger partial charge is 0.363 e. The van der Waals surface area contributed by atoms with Crippen LogP contribution >= 0.6 is 0 Å². The van der Waals surface area contributed by atoms with Gasteiger partial charge in [0.15, 0.2) is 0 Å². The number of sulfonamides is 1. The number of carbonyl (C=O) groups excluding carboxylic acids is 6. The Morgan fingerprint density at radius 3 is 2.12 bits per heavy atom. The van der Waals surface area contributed by atoms with E-state index in [9.17, 15) is 37.2 Å². The molecule has 0 bridgehead atoms. The number of nitrogens with one attached hydrogen (secondary N) is 3. The van der Waals surface area contributed by atoms with E-state index in [1.807, 2.05) is 13.8 Å². The highest BCUT2D eigenvalue weighted by atomic mass is 32.2. The van der Waals surface area contributed by atoms with Crippen LogP contribution in [0.1, 0.15) is 91.4 Å². The van der Waals surface area contributed by atoms with Crippen LogP contribution in [0.2, 0.25) is 0 Å². The second kappa shape index (κ2) is 13.2. The topological polar surface area (TPSA) is 205 Å². The first-order valence-corrected chi connectivity index (χ1v) is 19.1. The van der Waals surface area contributed by atoms with Crippen LogP contribution in [0.15, 0.2) is 29.2 Å². The van der Waals surface area contributed by atoms with Gasteiger partial charge in [0.1, 0.15) is 17.0 Å². The minimum Gasteiger partial charge on any atom is -0.363 e. The van der Waals surface area contributed by atoms with E-state index in [0.717, 1.165) is 23.6 Å². The number of Topliss-reactive ketones (excluding diaryl/α,β-unsaturated/α-hetero) is 1. The molecular weight excluding hydrogens is 676 g/mol. The predicted octanol–water partition coefficient (Wildman–Crippen LogP) is 2.17. The van der Waals surface area contributed by atoms with Gasteiger partial charge in [-0.15, -0.1) is 0 Å². The molecule has 6 amide bonds. The lowest BCUT2D eigenvalue weighted by Gasteiger charge is -2.39. The van der Waals surface area contributed by atoms with E-state index in [-0.39, 0.29) is 46.7 Å². The number of nitrogens with two attached hydrogens (primary N) is 1. The summed E-state index contributed by atoms with van der Waals surface area (Å²) in [7, 11) is -4.14. The molecule has 2 saturated carbocycles. The Labute approximate surface area is 300 Å². The average molecular weight is 729 g/mol. The lowest BCUT2D eigenvalue weighted by Crippen LogP contribution is -2.63. The predicted molar refractivity (Wildman–Crippen MR) is 187 cm³/mol. The number of benzene rings is 1. The summed E-state index contributed by atoms with van der Waals surface area (Å²) in [5.41, 5.74) is 3.60. The van der Waals surface area contributed by atoms with Crippen LogP contribution in [0.5, 0.6) is 0 Å². The first kappa shape index (κ1) is 38.2. The number of rotatable bonds is 11. The molecule has 15 heteroatoms. The van der Waals surface area contributed by atoms with Crippen LogP contribution in [0.4, 0.5) is 4.79 Å². The molecule has 1 unspecified atom stereocenters. The van der Waals surface area contributed by atoms with Crippen molar-refractivity contribution in [3.8, 4) is 0 Å². The molecule has 2 aliphatic heterocycles. The standard InChI is InChI=1S/C36H52N6O8S/c1-34(2,3)24(18-42-31(46)20-14-9-10-15-23(20)51(42,49)50)39-33(48)40-28(35(4,5)6)32(47)41-17-21-25(36(21,7)8)26(41)30(45)38-22(27(43)29(37)44)16-19-12-11-13-19/h9-10,14-15,19,21-22,24-26,28H,11-13,16-18H2,1-8H3,(H2,37,44)(H,38,45)(H2,39,40,48)/t21-,22?,24+,25-,26-,28+/m0/s1. The molecule has 1 aromatic carbocycles. The van der Waals surface area contributed by atoms with Crippen molar-refractivity contribution in [3.63, 3.8) is 0 Å². The van der Waals surface area contributed by atoms with Crippen molar-refractivity contribution in [1.82, 2.24) is 25.2 Å². The molecule has 6 atom stereocenters. The van der Waals surface area contributed by atoms with Crippen LogP contribution in [0.3, 0.4) is 0 Å². The SMILES string of the molecule is CC(C)(C)[C@H](NC(=O)N[C@H](CN1C(=O)c2ccccc2S1(=O)=O)C(C)(C)C)C(=O)N1C[C@H]2[C@@H]([C@H]1C(=O)NC(CC1CCC1)C(=O)C(N)=O)C2(C)C. The van der Waals surface area contributed by atoms with Crippen molar-refractivity contribution in [1.29, 1.82) is 0 Å². The Morgan fingerprint density at radius 2 is 1.59 bits per heavy atom. The van der Waals surface area contributed by atoms with Gasteiger partial charge in [0, 0.05) is 6.54 Å². The fraction of sp³-hybridized carbons (Fsp3) is 0.667. The van der Waals surface area contributed by atoms with Crippen molar-refractivity contribution in [2.24, 2.45) is 39.7 Å². The van der Waals surface area contributed by atoms with Crippen molar-refractivity contribution in [3.05, 3.63) is 29.8 Å². The fourth-order valence-corrected chi connectivity index (χ4v) is 9.38. The number of ketones is 1. The first-order chi connectivity index (χ1) is 23.5. The average Bonchev–Trinajstić information content (AvgIpc) is 3.25. The molecule has 5 N–H and O–H groups in total. The Morgan fingerprint density at radius 1 is 0.961 bits per heavy atom. The summed E-state index contributed by atoms with van der Waals surface area (Å²) in [6.45, 7) is 14.7. The Hall–Kier alpha value is -4.01. The van der Waals surface area contributed by atoms with Crippen LogP contribution in [-0.4, -0.2) is 90.3 Å². The molecule has 0 spiro atoms. The summed E-state index contributed by atoms with van der Waals surface area (Å²) >= 11 is 0. The first-order valence-electron chi connectivity index (χ1n) is 17.7. The highest BCUT2D eigenvalue weighted by Gasteiger charge is 2.70. The molecule has 4 aliphatic rings. The van der Waals surface area contributed by atoms with Crippen molar-refractivity contribution in [2.45, 2.75) is 110 Å². The van der Waals surface area contributed by atoms with Crippen LogP contribution in [0.25, 0.3) is 0 Å². The van der Waals surface area contributed by atoms with E-state index in [0.29, 0.717) is 6.42 Å². The monoisotopic (exact) mass is 728 g/mol. The summed E-state index contributed by atoms with van der Waals surface area (Å²) in [6, 6.07) is 1.20. The molecular formula is C36H52N6O8S. The van der Waals surface area contributed by atoms with Gasteiger partial charge >= 0.3 is 6.03 Å². The van der Waals surface area contributed by atoms with Gasteiger partial charge in [-0.2, -0.15) is 0 Å². The Kier molecular flexibility index (Phi) is 9.89. The normalized spacial score (nSPS) is 25.1. The molecule has 5 rings (SSSR count). The minimum atomic E-state index is -4.14. The summed E-state index contributed by atoms with van der Waals surface area (Å²) in [5, 5.41) is 8.38. The van der Waals surface area contributed by atoms with Gasteiger partial charge in [-0.1, -0.05) is 86.8 Å². The maximum absolute atomic E-state index is 14.4. The van der Waals surface area contributed by atoms with E-state index in [1.165, 1.54) is 23.1 Å². The summed E-state index contributed by atoms with van der Waals surface area (Å²) in [5.74, 6) is -3.71. The van der Waals surface area contributed by atoms with Crippen LogP contribution in [-0.2, 0) is 29.2 Å². The lowest BCUT2D eigenvalue weighted by atomic mass is 9.80. The molecule has 0 aromatic heterocycles. The van der Waals surface area contributed by atoms with Crippen LogP contribution in [0, 0.1) is 34.0 Å². The maximum atomic E-state index is 14.4. The quantitative estimate of drug-likeness (QED) is 0.248. The number of likely N-dealkylation sites (tertiary alicyclic amines) is 1. The third-order valence-electron chi connectivity index (χ3n) is 11.4. The number of nitrogens with zero attached hydrogens (tertiary/aromatic N) is 2. The summed E-state index contributed by atoms with van der Waals surface area (Å²) in [4.78, 5) is 81.3. The molecule has 3 fully saturated rings. The highest BCUT2D eigenvalue weighted by molar-refractivity contribution is 7.90. The molecule has 14 nitrogen and oxygen atoms in total. The van der Waals surface area contributed by atoms with Crippen LogP contribution < -0.4 is 21.7 Å².